The Hall–Kier alpha value is -1.04. The van der Waals surface area contributed by atoms with Crippen molar-refractivity contribution in [2.24, 2.45) is 0 Å². The molecule has 128 valence electrons. The zero-order chi connectivity index (χ0) is 17.0. The summed E-state index contributed by atoms with van der Waals surface area (Å²) in [6, 6.07) is 3.88. The van der Waals surface area contributed by atoms with Gasteiger partial charge in [-0.2, -0.15) is 0 Å². The maximum absolute atomic E-state index is 13.8. The van der Waals surface area contributed by atoms with E-state index in [1.165, 1.54) is 6.07 Å². The lowest BCUT2D eigenvalue weighted by atomic mass is 10.1. The van der Waals surface area contributed by atoms with Crippen LogP contribution < -0.4 is 5.32 Å². The highest BCUT2D eigenvalue weighted by Gasteiger charge is 2.26. The SMILES string of the molecule is CCN1CCN(C(=O)N[C@@H](c2ccc(C)c(F)c2)C(Cl)Cl)CC1. The van der Waals surface area contributed by atoms with Gasteiger partial charge in [0, 0.05) is 26.2 Å². The molecule has 1 saturated heterocycles. The number of halogens is 3. The molecule has 1 atom stereocenters. The normalized spacial score (nSPS) is 17.4. The average Bonchev–Trinajstić information content (AvgIpc) is 2.55. The third-order valence-corrected chi connectivity index (χ3v) is 4.70. The van der Waals surface area contributed by atoms with Crippen molar-refractivity contribution in [3.63, 3.8) is 0 Å². The van der Waals surface area contributed by atoms with E-state index in [9.17, 15) is 9.18 Å². The van der Waals surface area contributed by atoms with Gasteiger partial charge in [-0.05, 0) is 30.7 Å². The fourth-order valence-electron chi connectivity index (χ4n) is 2.59. The number of benzene rings is 1. The first kappa shape index (κ1) is 18.3. The Labute approximate surface area is 146 Å². The van der Waals surface area contributed by atoms with Gasteiger partial charge in [-0.15, -0.1) is 23.2 Å². The standard InChI is InChI=1S/C16H22Cl2FN3O/c1-3-21-6-8-22(9-7-21)16(23)20-14(15(17)18)12-5-4-11(2)13(19)10-12/h4-5,10,14-15H,3,6-9H2,1-2H3,(H,20,23)/t14-/m0/s1. The minimum absolute atomic E-state index is 0.224. The minimum atomic E-state index is -0.863. The summed E-state index contributed by atoms with van der Waals surface area (Å²) in [5.74, 6) is -0.340. The van der Waals surface area contributed by atoms with Gasteiger partial charge in [0.2, 0.25) is 0 Å². The fraction of sp³-hybridized carbons (Fsp3) is 0.562. The van der Waals surface area contributed by atoms with Crippen LogP contribution in [0.3, 0.4) is 0 Å². The number of rotatable bonds is 4. The van der Waals surface area contributed by atoms with Crippen LogP contribution in [0.2, 0.25) is 0 Å². The van der Waals surface area contributed by atoms with E-state index in [-0.39, 0.29) is 11.8 Å². The number of nitrogens with one attached hydrogen (secondary N) is 1. The number of amides is 2. The molecule has 2 amide bonds. The van der Waals surface area contributed by atoms with E-state index in [0.29, 0.717) is 24.2 Å². The van der Waals surface area contributed by atoms with Gasteiger partial charge in [-0.1, -0.05) is 19.1 Å². The van der Waals surface area contributed by atoms with Crippen molar-refractivity contribution in [1.82, 2.24) is 15.1 Å². The smallest absolute Gasteiger partial charge is 0.318 e. The highest BCUT2D eigenvalue weighted by Crippen LogP contribution is 2.26. The van der Waals surface area contributed by atoms with Crippen LogP contribution in [-0.2, 0) is 0 Å². The van der Waals surface area contributed by atoms with E-state index in [2.05, 4.69) is 17.1 Å². The minimum Gasteiger partial charge on any atom is -0.328 e. The molecule has 7 heteroatoms. The number of aryl methyl sites for hydroxylation is 1. The molecule has 1 fully saturated rings. The lowest BCUT2D eigenvalue weighted by Crippen LogP contribution is -2.52. The maximum atomic E-state index is 13.8. The van der Waals surface area contributed by atoms with Crippen molar-refractivity contribution >= 4 is 29.2 Å². The molecule has 4 nitrogen and oxygen atoms in total. The molecule has 0 aliphatic carbocycles. The number of urea groups is 1. The second-order valence-corrected chi connectivity index (χ2v) is 6.86. The van der Waals surface area contributed by atoms with E-state index in [1.54, 1.807) is 24.0 Å². The molecule has 1 aromatic rings. The molecule has 1 N–H and O–H groups in total. The molecule has 2 rings (SSSR count). The fourth-order valence-corrected chi connectivity index (χ4v) is 3.00. The predicted molar refractivity (Wildman–Crippen MR) is 91.6 cm³/mol. The number of carbonyl (C=O) groups is 1. The van der Waals surface area contributed by atoms with Crippen LogP contribution in [-0.4, -0.2) is 53.4 Å². The summed E-state index contributed by atoms with van der Waals surface area (Å²) in [6.45, 7) is 7.76. The summed E-state index contributed by atoms with van der Waals surface area (Å²) in [7, 11) is 0. The molecule has 0 unspecified atom stereocenters. The van der Waals surface area contributed by atoms with Crippen LogP contribution in [0, 0.1) is 12.7 Å². The van der Waals surface area contributed by atoms with Gasteiger partial charge in [-0.3, -0.25) is 0 Å². The molecule has 0 spiro atoms. The number of carbonyl (C=O) groups excluding carboxylic acids is 1. The van der Waals surface area contributed by atoms with Crippen molar-refractivity contribution in [1.29, 1.82) is 0 Å². The number of hydrogen-bond acceptors (Lipinski definition) is 2. The number of alkyl halides is 2. The highest BCUT2D eigenvalue weighted by molar-refractivity contribution is 6.44. The number of hydrogen-bond donors (Lipinski definition) is 1. The first-order valence-corrected chi connectivity index (χ1v) is 8.61. The topological polar surface area (TPSA) is 35.6 Å². The van der Waals surface area contributed by atoms with Gasteiger partial charge in [0.1, 0.15) is 10.7 Å². The Kier molecular flexibility index (Phi) is 6.50. The molecule has 1 heterocycles. The van der Waals surface area contributed by atoms with Gasteiger partial charge in [0.15, 0.2) is 0 Å². The first-order valence-electron chi connectivity index (χ1n) is 7.74. The summed E-state index contributed by atoms with van der Waals surface area (Å²) >= 11 is 12.0. The Morgan fingerprint density at radius 1 is 1.30 bits per heavy atom. The largest absolute Gasteiger partial charge is 0.328 e. The van der Waals surface area contributed by atoms with Crippen LogP contribution in [0.5, 0.6) is 0 Å². The van der Waals surface area contributed by atoms with E-state index >= 15 is 0 Å². The average molecular weight is 362 g/mol. The molecule has 1 aliphatic rings. The molecule has 0 saturated carbocycles. The van der Waals surface area contributed by atoms with Gasteiger partial charge in [-0.25, -0.2) is 9.18 Å². The van der Waals surface area contributed by atoms with Crippen LogP contribution in [0.15, 0.2) is 18.2 Å². The predicted octanol–water partition coefficient (Wildman–Crippen LogP) is 3.33. The second kappa shape index (κ2) is 8.18. The Bertz CT molecular complexity index is 548. The van der Waals surface area contributed by atoms with Crippen LogP contribution in [0.4, 0.5) is 9.18 Å². The molecular weight excluding hydrogens is 340 g/mol. The lowest BCUT2D eigenvalue weighted by molar-refractivity contribution is 0.141. The second-order valence-electron chi connectivity index (χ2n) is 5.69. The van der Waals surface area contributed by atoms with Gasteiger partial charge < -0.3 is 15.1 Å². The lowest BCUT2D eigenvalue weighted by Gasteiger charge is -2.35. The van der Waals surface area contributed by atoms with Crippen molar-refractivity contribution < 1.29 is 9.18 Å². The summed E-state index contributed by atoms with van der Waals surface area (Å²) < 4.78 is 13.8. The third kappa shape index (κ3) is 4.72. The van der Waals surface area contributed by atoms with Crippen molar-refractivity contribution in [2.45, 2.75) is 24.7 Å². The summed E-state index contributed by atoms with van der Waals surface area (Å²) in [5, 5.41) is 2.82. The monoisotopic (exact) mass is 361 g/mol. The van der Waals surface area contributed by atoms with Crippen LogP contribution in [0.1, 0.15) is 24.1 Å². The molecule has 23 heavy (non-hydrogen) atoms. The van der Waals surface area contributed by atoms with Crippen LogP contribution >= 0.6 is 23.2 Å². The highest BCUT2D eigenvalue weighted by atomic mass is 35.5. The zero-order valence-corrected chi connectivity index (χ0v) is 14.9. The van der Waals surface area contributed by atoms with E-state index < -0.39 is 10.9 Å². The molecule has 0 radical (unpaired) electrons. The van der Waals surface area contributed by atoms with E-state index in [0.717, 1.165) is 19.6 Å². The van der Waals surface area contributed by atoms with E-state index in [4.69, 9.17) is 23.2 Å². The summed E-state index contributed by atoms with van der Waals surface area (Å²) in [4.78, 5) is 15.6. The van der Waals surface area contributed by atoms with Crippen molar-refractivity contribution in [3.05, 3.63) is 35.1 Å². The Morgan fingerprint density at radius 3 is 2.48 bits per heavy atom. The van der Waals surface area contributed by atoms with Crippen molar-refractivity contribution in [3.8, 4) is 0 Å². The summed E-state index contributed by atoms with van der Waals surface area (Å²) in [5.41, 5.74) is 1.10. The van der Waals surface area contributed by atoms with Gasteiger partial charge in [0.25, 0.3) is 0 Å². The Balaban J connectivity index is 2.04. The number of likely N-dealkylation sites (N-methyl/N-ethyl adjacent to an activating group) is 1. The first-order chi connectivity index (χ1) is 10.9. The molecule has 1 aromatic carbocycles. The molecular formula is C16H22Cl2FN3O. The maximum Gasteiger partial charge on any atom is 0.318 e. The van der Waals surface area contributed by atoms with Gasteiger partial charge >= 0.3 is 6.03 Å². The van der Waals surface area contributed by atoms with E-state index in [1.807, 2.05) is 0 Å². The molecule has 0 bridgehead atoms. The van der Waals surface area contributed by atoms with Crippen LogP contribution in [0.25, 0.3) is 0 Å². The number of nitrogens with zero attached hydrogens (tertiary/aromatic N) is 2. The quantitative estimate of drug-likeness (QED) is 0.834. The molecule has 1 aliphatic heterocycles. The Morgan fingerprint density at radius 2 is 1.96 bits per heavy atom. The van der Waals surface area contributed by atoms with Gasteiger partial charge in [0.05, 0.1) is 6.04 Å². The third-order valence-electron chi connectivity index (χ3n) is 4.19. The summed E-state index contributed by atoms with van der Waals surface area (Å²) in [6.07, 6.45) is 0. The molecule has 0 aromatic heterocycles. The van der Waals surface area contributed by atoms with Crippen molar-refractivity contribution in [2.75, 3.05) is 32.7 Å². The zero-order valence-electron chi connectivity index (χ0n) is 13.4. The number of piperazine rings is 1.